The number of carboxylic acid groups (broad SMARTS) is 1. The van der Waals surface area contributed by atoms with Crippen LogP contribution >= 0.6 is 0 Å². The van der Waals surface area contributed by atoms with Crippen molar-refractivity contribution in [2.24, 2.45) is 5.41 Å². The zero-order valence-electron chi connectivity index (χ0n) is 18.9. The van der Waals surface area contributed by atoms with Gasteiger partial charge in [-0.2, -0.15) is 0 Å². The highest BCUT2D eigenvalue weighted by molar-refractivity contribution is 5.95. The van der Waals surface area contributed by atoms with Crippen LogP contribution in [0.5, 0.6) is 0 Å². The van der Waals surface area contributed by atoms with Gasteiger partial charge in [0.1, 0.15) is 17.5 Å². The van der Waals surface area contributed by atoms with Gasteiger partial charge in [0.05, 0.1) is 11.2 Å². The molecule has 0 radical (unpaired) electrons. The molecule has 3 atom stereocenters. The third-order valence-electron chi connectivity index (χ3n) is 7.28. The summed E-state index contributed by atoms with van der Waals surface area (Å²) in [6.07, 6.45) is 3.82. The van der Waals surface area contributed by atoms with Gasteiger partial charge in [-0.3, -0.25) is 9.59 Å². The first-order chi connectivity index (χ1) is 15.1. The number of aromatic carboxylic acids is 1. The van der Waals surface area contributed by atoms with Gasteiger partial charge in [-0.25, -0.2) is 9.18 Å². The number of carboxylic acids is 1. The largest absolute Gasteiger partial charge is 0.477 e. The molecule has 2 aliphatic rings. The molecule has 0 aliphatic carbocycles. The van der Waals surface area contributed by atoms with Gasteiger partial charge in [-0.1, -0.05) is 13.8 Å². The van der Waals surface area contributed by atoms with Crippen molar-refractivity contribution in [1.82, 2.24) is 4.57 Å². The summed E-state index contributed by atoms with van der Waals surface area (Å²) in [5.74, 6) is -2.14. The lowest BCUT2D eigenvalue weighted by Gasteiger charge is -2.47. The van der Waals surface area contributed by atoms with E-state index in [-0.39, 0.29) is 34.5 Å². The molecule has 3 heterocycles. The number of hydrogen-bond donors (Lipinski definition) is 1. The molecular formula is C24H29FN2O5. The maximum absolute atomic E-state index is 15.6. The molecule has 1 aromatic carbocycles. The number of carbonyl (C=O) groups is 2. The molecule has 1 fully saturated rings. The van der Waals surface area contributed by atoms with Crippen LogP contribution < -0.4 is 10.3 Å². The van der Waals surface area contributed by atoms with E-state index in [1.165, 1.54) is 19.2 Å². The van der Waals surface area contributed by atoms with E-state index < -0.39 is 17.2 Å². The van der Waals surface area contributed by atoms with Crippen molar-refractivity contribution in [1.29, 1.82) is 0 Å². The number of ether oxygens (including phenoxy) is 1. The van der Waals surface area contributed by atoms with Crippen molar-refractivity contribution < 1.29 is 23.8 Å². The maximum atomic E-state index is 15.6. The van der Waals surface area contributed by atoms with Gasteiger partial charge in [0.2, 0.25) is 5.43 Å². The van der Waals surface area contributed by atoms with E-state index in [0.29, 0.717) is 37.1 Å². The topological polar surface area (TPSA) is 88.8 Å². The highest BCUT2D eigenvalue weighted by Gasteiger charge is 2.42. The molecule has 0 saturated carbocycles. The Bertz CT molecular complexity index is 1170. The Hall–Kier alpha value is -2.90. The van der Waals surface area contributed by atoms with Gasteiger partial charge in [0.25, 0.3) is 0 Å². The minimum atomic E-state index is -1.31. The summed E-state index contributed by atoms with van der Waals surface area (Å²) >= 11 is 0. The van der Waals surface area contributed by atoms with E-state index in [4.69, 9.17) is 4.74 Å². The molecule has 2 aliphatic heterocycles. The number of pyridine rings is 1. The summed E-state index contributed by atoms with van der Waals surface area (Å²) in [5.41, 5.74) is 0.502. The molecule has 172 valence electrons. The summed E-state index contributed by atoms with van der Waals surface area (Å²) in [6, 6.07) is 1.19. The minimum absolute atomic E-state index is 0.00220. The van der Waals surface area contributed by atoms with Crippen LogP contribution in [0.1, 0.15) is 68.9 Å². The Labute approximate surface area is 185 Å². The molecule has 4 rings (SSSR count). The van der Waals surface area contributed by atoms with E-state index >= 15 is 4.39 Å². The summed E-state index contributed by atoms with van der Waals surface area (Å²) < 4.78 is 22.9. The summed E-state index contributed by atoms with van der Waals surface area (Å²) in [5, 5.41) is 9.58. The molecule has 2 aromatic rings. The summed E-state index contributed by atoms with van der Waals surface area (Å²) in [6.45, 7) is 8.50. The Kier molecular flexibility index (Phi) is 5.51. The molecule has 1 aromatic heterocycles. The van der Waals surface area contributed by atoms with E-state index in [1.807, 2.05) is 30.2 Å². The van der Waals surface area contributed by atoms with Gasteiger partial charge >= 0.3 is 11.9 Å². The highest BCUT2D eigenvalue weighted by atomic mass is 19.1. The molecular weight excluding hydrogens is 415 g/mol. The number of rotatable bonds is 4. The molecule has 0 amide bonds. The number of aromatic nitrogens is 1. The quantitative estimate of drug-likeness (QED) is 0.720. The fraction of sp³-hybridized carbons (Fsp3) is 0.542. The first-order valence-electron chi connectivity index (χ1n) is 11.1. The molecule has 0 bridgehead atoms. The Morgan fingerprint density at radius 2 is 2.06 bits per heavy atom. The van der Waals surface area contributed by atoms with Crippen molar-refractivity contribution in [3.63, 3.8) is 0 Å². The average molecular weight is 445 g/mol. The third-order valence-corrected chi connectivity index (χ3v) is 7.28. The zero-order chi connectivity index (χ0) is 23.4. The Morgan fingerprint density at radius 3 is 2.69 bits per heavy atom. The Balaban J connectivity index is 1.88. The highest BCUT2D eigenvalue weighted by Crippen LogP contribution is 2.42. The number of carbonyl (C=O) groups excluding carboxylic acids is 1. The van der Waals surface area contributed by atoms with E-state index in [2.05, 4.69) is 0 Å². The fourth-order valence-corrected chi connectivity index (χ4v) is 5.30. The first-order valence-corrected chi connectivity index (χ1v) is 11.1. The lowest BCUT2D eigenvalue weighted by atomic mass is 9.76. The number of halogens is 1. The van der Waals surface area contributed by atoms with Crippen molar-refractivity contribution in [3.8, 4) is 0 Å². The number of aryl methyl sites for hydroxylation is 1. The fourth-order valence-electron chi connectivity index (χ4n) is 5.30. The van der Waals surface area contributed by atoms with Crippen molar-refractivity contribution in [3.05, 3.63) is 39.4 Å². The van der Waals surface area contributed by atoms with Crippen molar-refractivity contribution in [2.75, 3.05) is 18.0 Å². The van der Waals surface area contributed by atoms with Crippen LogP contribution in [0, 0.1) is 11.2 Å². The molecule has 32 heavy (non-hydrogen) atoms. The lowest BCUT2D eigenvalue weighted by Crippen LogP contribution is -2.52. The molecule has 2 unspecified atom stereocenters. The number of esters is 1. The van der Waals surface area contributed by atoms with Crippen LogP contribution in [-0.2, 0) is 16.0 Å². The van der Waals surface area contributed by atoms with E-state index in [9.17, 15) is 19.5 Å². The number of piperidine rings is 1. The van der Waals surface area contributed by atoms with Gasteiger partial charge in [-0.15, -0.1) is 0 Å². The number of hydrogen-bond acceptors (Lipinski definition) is 5. The zero-order valence-corrected chi connectivity index (χ0v) is 18.9. The predicted octanol–water partition coefficient (Wildman–Crippen LogP) is 3.90. The molecule has 0 spiro atoms. The van der Waals surface area contributed by atoms with Gasteiger partial charge in [0.15, 0.2) is 0 Å². The summed E-state index contributed by atoms with van der Waals surface area (Å²) in [7, 11) is 0. The van der Waals surface area contributed by atoms with Gasteiger partial charge in [-0.05, 0) is 32.3 Å². The second kappa shape index (κ2) is 7.90. The van der Waals surface area contributed by atoms with Crippen molar-refractivity contribution in [2.45, 2.75) is 65.5 Å². The monoisotopic (exact) mass is 444 g/mol. The molecule has 1 N–H and O–H groups in total. The number of benzene rings is 1. The number of nitrogens with zero attached hydrogens (tertiary/aromatic N) is 2. The average Bonchev–Trinajstić information content (AvgIpc) is 2.73. The summed E-state index contributed by atoms with van der Waals surface area (Å²) in [4.78, 5) is 38.0. The Morgan fingerprint density at radius 1 is 1.34 bits per heavy atom. The van der Waals surface area contributed by atoms with Gasteiger partial charge < -0.3 is 19.3 Å². The van der Waals surface area contributed by atoms with Crippen LogP contribution in [0.2, 0.25) is 0 Å². The van der Waals surface area contributed by atoms with Crippen LogP contribution in [0.4, 0.5) is 10.1 Å². The third kappa shape index (κ3) is 3.45. The standard InChI is InChI=1S/C24H29FN2O5/c1-5-24(4)12-26(9-8-19(24)32-14(3)28)21-15-7-6-13(2)27-11-17(23(30)31)22(29)16(20(15)27)10-18(21)25/h10-11,13,19H,5-9,12H2,1-4H3,(H,30,31)/t13-,19?,24?/m0/s1. The second-order valence-electron chi connectivity index (χ2n) is 9.37. The second-order valence-corrected chi connectivity index (χ2v) is 9.37. The van der Waals surface area contributed by atoms with Crippen LogP contribution in [0.3, 0.4) is 0 Å². The molecule has 7 nitrogen and oxygen atoms in total. The van der Waals surface area contributed by atoms with Crippen molar-refractivity contribution >= 4 is 28.5 Å². The van der Waals surface area contributed by atoms with E-state index in [1.54, 1.807) is 0 Å². The maximum Gasteiger partial charge on any atom is 0.341 e. The minimum Gasteiger partial charge on any atom is -0.477 e. The molecule has 8 heteroatoms. The predicted molar refractivity (Wildman–Crippen MR) is 119 cm³/mol. The first kappa shape index (κ1) is 22.3. The van der Waals surface area contributed by atoms with Gasteiger partial charge in [0, 0.05) is 55.0 Å². The smallest absolute Gasteiger partial charge is 0.341 e. The van der Waals surface area contributed by atoms with Crippen LogP contribution in [0.25, 0.3) is 10.9 Å². The SMILES string of the molecule is CCC1(C)CN(c2c(F)cc3c(=O)c(C(=O)O)cn4c3c2CC[C@@H]4C)CCC1OC(C)=O. The van der Waals surface area contributed by atoms with Crippen LogP contribution in [-0.4, -0.2) is 40.8 Å². The molecule has 1 saturated heterocycles. The van der Waals surface area contributed by atoms with E-state index in [0.717, 1.165) is 18.4 Å². The number of anilines is 1. The lowest BCUT2D eigenvalue weighted by molar-refractivity contribution is -0.154. The van der Waals surface area contributed by atoms with Crippen LogP contribution in [0.15, 0.2) is 17.1 Å². The normalized spacial score (nSPS) is 25.1.